The Labute approximate surface area is 180 Å². The third-order valence-electron chi connectivity index (χ3n) is 5.20. The highest BCUT2D eigenvalue weighted by Crippen LogP contribution is 2.31. The minimum atomic E-state index is -3.73. The second-order valence-electron chi connectivity index (χ2n) is 7.75. The molecule has 1 aliphatic heterocycles. The lowest BCUT2D eigenvalue weighted by Gasteiger charge is -2.26. The number of carbonyl (C=O) groups is 1. The fourth-order valence-corrected chi connectivity index (χ4v) is 4.14. The molecule has 0 radical (unpaired) electrons. The lowest BCUT2D eigenvalue weighted by Crippen LogP contribution is -2.36. The van der Waals surface area contributed by atoms with E-state index < -0.39 is 10.0 Å². The number of aromatic amines is 1. The molecule has 31 heavy (non-hydrogen) atoms. The van der Waals surface area contributed by atoms with Crippen LogP contribution in [0.5, 0.6) is 0 Å². The molecule has 8 nitrogen and oxygen atoms in total. The number of H-pyrrole nitrogens is 1. The first-order valence-corrected chi connectivity index (χ1v) is 11.5. The van der Waals surface area contributed by atoms with Gasteiger partial charge < -0.3 is 14.6 Å². The number of pyridine rings is 1. The molecule has 0 bridgehead atoms. The molecule has 0 spiro atoms. The number of amides is 1. The van der Waals surface area contributed by atoms with Crippen LogP contribution in [0.1, 0.15) is 25.8 Å². The number of ether oxygens (including phenoxy) is 1. The van der Waals surface area contributed by atoms with Crippen molar-refractivity contribution < 1.29 is 17.9 Å². The van der Waals surface area contributed by atoms with Gasteiger partial charge in [-0.15, -0.1) is 0 Å². The monoisotopic (exact) mass is 440 g/mol. The van der Waals surface area contributed by atoms with Gasteiger partial charge in [0.15, 0.2) is 0 Å². The summed E-state index contributed by atoms with van der Waals surface area (Å²) in [5, 5.41) is 6.15. The molecule has 4 rings (SSSR count). The molecule has 0 fully saturated rings. The van der Waals surface area contributed by atoms with Crippen molar-refractivity contribution in [2.75, 3.05) is 13.1 Å². The number of nitrogens with two attached hydrogens (primary N) is 1. The SMILES string of the molecule is CC(C)OC(=O)N1CC=C(c2c[nH]c3ncc(-c4ccc(S(N)(=O)=O)cc4)cc23)CC1. The van der Waals surface area contributed by atoms with Crippen molar-refractivity contribution in [2.24, 2.45) is 5.14 Å². The van der Waals surface area contributed by atoms with Crippen molar-refractivity contribution in [1.82, 2.24) is 14.9 Å². The lowest BCUT2D eigenvalue weighted by atomic mass is 9.98. The summed E-state index contributed by atoms with van der Waals surface area (Å²) in [5.41, 5.74) is 4.66. The predicted molar refractivity (Wildman–Crippen MR) is 119 cm³/mol. The fraction of sp³-hybridized carbons (Fsp3) is 0.273. The van der Waals surface area contributed by atoms with E-state index >= 15 is 0 Å². The van der Waals surface area contributed by atoms with Crippen LogP contribution in [-0.4, -0.2) is 48.6 Å². The van der Waals surface area contributed by atoms with Crippen LogP contribution in [0.3, 0.4) is 0 Å². The van der Waals surface area contributed by atoms with E-state index in [0.29, 0.717) is 19.5 Å². The number of primary sulfonamides is 1. The van der Waals surface area contributed by atoms with E-state index in [1.54, 1.807) is 23.2 Å². The second kappa shape index (κ2) is 8.16. The molecular formula is C22H24N4O4S. The van der Waals surface area contributed by atoms with Crippen LogP contribution >= 0.6 is 0 Å². The molecule has 0 saturated heterocycles. The van der Waals surface area contributed by atoms with Crippen LogP contribution in [0, 0.1) is 0 Å². The Bertz CT molecular complexity index is 1260. The maximum Gasteiger partial charge on any atom is 0.410 e. The van der Waals surface area contributed by atoms with Gasteiger partial charge in [0, 0.05) is 42.0 Å². The number of aromatic nitrogens is 2. The Morgan fingerprint density at radius 3 is 2.58 bits per heavy atom. The quantitative estimate of drug-likeness (QED) is 0.644. The molecule has 162 valence electrons. The molecule has 0 saturated carbocycles. The number of rotatable bonds is 4. The zero-order chi connectivity index (χ0) is 22.2. The van der Waals surface area contributed by atoms with Gasteiger partial charge >= 0.3 is 6.09 Å². The normalized spacial score (nSPS) is 14.7. The van der Waals surface area contributed by atoms with Crippen LogP contribution in [0.15, 0.2) is 53.7 Å². The zero-order valence-electron chi connectivity index (χ0n) is 17.3. The number of nitrogens with one attached hydrogen (secondary N) is 1. The summed E-state index contributed by atoms with van der Waals surface area (Å²) >= 11 is 0. The van der Waals surface area contributed by atoms with Gasteiger partial charge in [0.05, 0.1) is 11.0 Å². The van der Waals surface area contributed by atoms with Crippen LogP contribution in [0.2, 0.25) is 0 Å². The summed E-state index contributed by atoms with van der Waals surface area (Å²) in [6, 6.07) is 8.43. The van der Waals surface area contributed by atoms with Crippen molar-refractivity contribution in [3.8, 4) is 11.1 Å². The highest BCUT2D eigenvalue weighted by atomic mass is 32.2. The van der Waals surface area contributed by atoms with E-state index in [4.69, 9.17) is 9.88 Å². The molecule has 0 atom stereocenters. The number of benzene rings is 1. The van der Waals surface area contributed by atoms with E-state index in [0.717, 1.165) is 33.3 Å². The molecule has 3 heterocycles. The fourth-order valence-electron chi connectivity index (χ4n) is 3.62. The molecule has 1 aromatic carbocycles. The summed E-state index contributed by atoms with van der Waals surface area (Å²) in [6.45, 7) is 4.76. The van der Waals surface area contributed by atoms with Crippen molar-refractivity contribution in [3.63, 3.8) is 0 Å². The van der Waals surface area contributed by atoms with Crippen molar-refractivity contribution >= 4 is 32.7 Å². The highest BCUT2D eigenvalue weighted by molar-refractivity contribution is 7.89. The molecule has 2 aromatic heterocycles. The number of hydrogen-bond donors (Lipinski definition) is 2. The number of nitrogens with zero attached hydrogens (tertiary/aromatic N) is 2. The molecule has 3 N–H and O–H groups in total. The van der Waals surface area contributed by atoms with E-state index in [2.05, 4.69) is 9.97 Å². The van der Waals surface area contributed by atoms with E-state index in [1.165, 1.54) is 12.1 Å². The predicted octanol–water partition coefficient (Wildman–Crippen LogP) is 3.51. The number of sulfonamides is 1. The van der Waals surface area contributed by atoms with Gasteiger partial charge in [0.1, 0.15) is 5.65 Å². The summed E-state index contributed by atoms with van der Waals surface area (Å²) in [7, 11) is -3.73. The van der Waals surface area contributed by atoms with Crippen LogP contribution in [0.4, 0.5) is 4.79 Å². The summed E-state index contributed by atoms with van der Waals surface area (Å²) in [4.78, 5) is 21.6. The molecule has 9 heteroatoms. The molecule has 1 aliphatic rings. The average Bonchev–Trinajstić information content (AvgIpc) is 3.16. The molecule has 3 aromatic rings. The molecule has 1 amide bonds. The van der Waals surface area contributed by atoms with Gasteiger partial charge in [0.25, 0.3) is 0 Å². The number of carbonyl (C=O) groups excluding carboxylic acids is 1. The smallest absolute Gasteiger partial charge is 0.410 e. The minimum Gasteiger partial charge on any atom is -0.447 e. The average molecular weight is 441 g/mol. The van der Waals surface area contributed by atoms with Gasteiger partial charge in [-0.1, -0.05) is 18.2 Å². The summed E-state index contributed by atoms with van der Waals surface area (Å²) in [5.74, 6) is 0. The topological polar surface area (TPSA) is 118 Å². The third kappa shape index (κ3) is 4.47. The van der Waals surface area contributed by atoms with Gasteiger partial charge in [-0.3, -0.25) is 0 Å². The van der Waals surface area contributed by atoms with Crippen LogP contribution in [-0.2, 0) is 14.8 Å². The molecule has 0 aliphatic carbocycles. The first-order chi connectivity index (χ1) is 14.7. The van der Waals surface area contributed by atoms with Crippen molar-refractivity contribution in [2.45, 2.75) is 31.3 Å². The van der Waals surface area contributed by atoms with Gasteiger partial charge in [-0.25, -0.2) is 23.3 Å². The molecule has 0 unspecified atom stereocenters. The Morgan fingerprint density at radius 2 is 1.97 bits per heavy atom. The summed E-state index contributed by atoms with van der Waals surface area (Å²) in [6.07, 6.45) is 5.99. The lowest BCUT2D eigenvalue weighted by molar-refractivity contribution is 0.0799. The maximum absolute atomic E-state index is 12.1. The Hall–Kier alpha value is -3.17. The van der Waals surface area contributed by atoms with E-state index in [1.807, 2.05) is 32.2 Å². The third-order valence-corrected chi connectivity index (χ3v) is 6.13. The first kappa shape index (κ1) is 21.1. The second-order valence-corrected chi connectivity index (χ2v) is 9.31. The van der Waals surface area contributed by atoms with E-state index in [9.17, 15) is 13.2 Å². The van der Waals surface area contributed by atoms with Gasteiger partial charge in [-0.05, 0) is 49.6 Å². The largest absolute Gasteiger partial charge is 0.447 e. The number of fused-ring (bicyclic) bond motifs is 1. The number of hydrogen-bond acceptors (Lipinski definition) is 5. The summed E-state index contributed by atoms with van der Waals surface area (Å²) < 4.78 is 28.2. The van der Waals surface area contributed by atoms with Crippen molar-refractivity contribution in [3.05, 3.63) is 54.4 Å². The Kier molecular flexibility index (Phi) is 5.55. The van der Waals surface area contributed by atoms with Crippen molar-refractivity contribution in [1.29, 1.82) is 0 Å². The highest BCUT2D eigenvalue weighted by Gasteiger charge is 2.21. The maximum atomic E-state index is 12.1. The van der Waals surface area contributed by atoms with Crippen LogP contribution in [0.25, 0.3) is 27.7 Å². The molecular weight excluding hydrogens is 416 g/mol. The standard InChI is InChI=1S/C22H24N4O4S/c1-14(2)30-22(27)26-9-7-16(8-10-26)20-13-25-21-19(20)11-17(12-24-21)15-3-5-18(6-4-15)31(23,28)29/h3-7,11-14H,8-10H2,1-2H3,(H,24,25)(H2,23,28,29). The first-order valence-electron chi connectivity index (χ1n) is 9.97. The Balaban J connectivity index is 1.61. The Morgan fingerprint density at radius 1 is 1.23 bits per heavy atom. The van der Waals surface area contributed by atoms with Crippen LogP contribution < -0.4 is 5.14 Å². The minimum absolute atomic E-state index is 0.0699. The van der Waals surface area contributed by atoms with Gasteiger partial charge in [0.2, 0.25) is 10.0 Å². The zero-order valence-corrected chi connectivity index (χ0v) is 18.1. The van der Waals surface area contributed by atoms with Gasteiger partial charge in [-0.2, -0.15) is 0 Å². The van der Waals surface area contributed by atoms with E-state index in [-0.39, 0.29) is 17.1 Å².